The van der Waals surface area contributed by atoms with Crippen LogP contribution in [0.15, 0.2) is 28.7 Å². The van der Waals surface area contributed by atoms with Gasteiger partial charge in [0.15, 0.2) is 4.34 Å². The predicted octanol–water partition coefficient (Wildman–Crippen LogP) is 1.99. The molecule has 0 saturated carbocycles. The molecule has 2 saturated heterocycles. The SMILES string of the molecule is O=C(CSc1nc2ccc(-n3cc(C4COC4)nn3)cc2s1)N[C@@H]1CCOC1. The first-order valence-electron chi connectivity index (χ1n) is 9.15. The van der Waals surface area contributed by atoms with Crippen molar-refractivity contribution in [1.82, 2.24) is 25.3 Å². The third-order valence-corrected chi connectivity index (χ3v) is 6.97. The quantitative estimate of drug-likeness (QED) is 0.613. The number of thioether (sulfide) groups is 1. The normalized spacial score (nSPS) is 19.8. The molecule has 4 heterocycles. The number of carbonyl (C=O) groups excluding carboxylic acids is 1. The van der Waals surface area contributed by atoms with Gasteiger partial charge in [0.25, 0.3) is 0 Å². The minimum absolute atomic E-state index is 0.0237. The monoisotopic (exact) mass is 417 g/mol. The number of hydrogen-bond acceptors (Lipinski definition) is 8. The molecular formula is C18H19N5O3S2. The van der Waals surface area contributed by atoms with Crippen LogP contribution in [-0.2, 0) is 14.3 Å². The molecule has 0 bridgehead atoms. The number of rotatable bonds is 6. The van der Waals surface area contributed by atoms with Crippen molar-refractivity contribution in [2.75, 3.05) is 32.2 Å². The highest BCUT2D eigenvalue weighted by molar-refractivity contribution is 8.01. The average Bonchev–Trinajstić information content (AvgIpc) is 3.38. The van der Waals surface area contributed by atoms with Gasteiger partial charge in [0.2, 0.25) is 5.91 Å². The molecule has 146 valence electrons. The molecule has 3 aromatic rings. The van der Waals surface area contributed by atoms with Gasteiger partial charge < -0.3 is 14.8 Å². The van der Waals surface area contributed by atoms with E-state index in [2.05, 4.69) is 26.7 Å². The first-order valence-corrected chi connectivity index (χ1v) is 11.0. The van der Waals surface area contributed by atoms with Crippen molar-refractivity contribution in [2.45, 2.75) is 22.7 Å². The third kappa shape index (κ3) is 3.77. The zero-order valence-electron chi connectivity index (χ0n) is 15.0. The molecule has 10 heteroatoms. The molecule has 1 N–H and O–H groups in total. The number of aromatic nitrogens is 4. The summed E-state index contributed by atoms with van der Waals surface area (Å²) in [5.74, 6) is 0.736. The van der Waals surface area contributed by atoms with Crippen LogP contribution in [0.2, 0.25) is 0 Å². The Labute approximate surface area is 169 Å². The van der Waals surface area contributed by atoms with E-state index in [1.54, 1.807) is 16.0 Å². The van der Waals surface area contributed by atoms with Crippen molar-refractivity contribution >= 4 is 39.2 Å². The van der Waals surface area contributed by atoms with Crippen molar-refractivity contribution in [2.24, 2.45) is 0 Å². The molecule has 2 aliphatic rings. The number of hydrogen-bond donors (Lipinski definition) is 1. The van der Waals surface area contributed by atoms with Crippen LogP contribution in [0.3, 0.4) is 0 Å². The second-order valence-corrected chi connectivity index (χ2v) is 9.12. The molecular weight excluding hydrogens is 398 g/mol. The van der Waals surface area contributed by atoms with Gasteiger partial charge in [-0.3, -0.25) is 4.79 Å². The largest absolute Gasteiger partial charge is 0.380 e. The second-order valence-electron chi connectivity index (χ2n) is 6.87. The molecule has 8 nitrogen and oxygen atoms in total. The maximum absolute atomic E-state index is 12.1. The fourth-order valence-corrected chi connectivity index (χ4v) is 5.05. The van der Waals surface area contributed by atoms with Gasteiger partial charge in [-0.2, -0.15) is 0 Å². The zero-order chi connectivity index (χ0) is 18.9. The highest BCUT2D eigenvalue weighted by Crippen LogP contribution is 2.31. The Bertz CT molecular complexity index is 994. The Balaban J connectivity index is 1.25. The number of benzene rings is 1. The van der Waals surface area contributed by atoms with Gasteiger partial charge in [-0.25, -0.2) is 9.67 Å². The van der Waals surface area contributed by atoms with Crippen LogP contribution in [0.4, 0.5) is 0 Å². The van der Waals surface area contributed by atoms with Gasteiger partial charge >= 0.3 is 0 Å². The van der Waals surface area contributed by atoms with Crippen LogP contribution in [0.1, 0.15) is 18.0 Å². The van der Waals surface area contributed by atoms with Gasteiger partial charge in [-0.05, 0) is 24.6 Å². The maximum atomic E-state index is 12.1. The van der Waals surface area contributed by atoms with E-state index in [0.717, 1.165) is 39.0 Å². The van der Waals surface area contributed by atoms with Crippen molar-refractivity contribution in [3.8, 4) is 5.69 Å². The Hall–Kier alpha value is -2.01. The topological polar surface area (TPSA) is 91.2 Å². The van der Waals surface area contributed by atoms with Gasteiger partial charge in [-0.1, -0.05) is 17.0 Å². The van der Waals surface area contributed by atoms with Crippen molar-refractivity contribution in [3.05, 3.63) is 30.1 Å². The summed E-state index contributed by atoms with van der Waals surface area (Å²) < 4.78 is 14.2. The van der Waals surface area contributed by atoms with Crippen molar-refractivity contribution in [3.63, 3.8) is 0 Å². The lowest BCUT2D eigenvalue weighted by atomic mass is 10.1. The van der Waals surface area contributed by atoms with E-state index in [1.807, 2.05) is 18.3 Å². The lowest BCUT2D eigenvalue weighted by Gasteiger charge is -2.23. The summed E-state index contributed by atoms with van der Waals surface area (Å²) in [6, 6.07) is 6.17. The number of thiazole rings is 1. The Kier molecular flexibility index (Phi) is 5.02. The van der Waals surface area contributed by atoms with Crippen LogP contribution in [-0.4, -0.2) is 64.1 Å². The summed E-state index contributed by atoms with van der Waals surface area (Å²) in [5.41, 5.74) is 2.84. The summed E-state index contributed by atoms with van der Waals surface area (Å²) in [7, 11) is 0. The van der Waals surface area contributed by atoms with Crippen LogP contribution in [0.5, 0.6) is 0 Å². The van der Waals surface area contributed by atoms with E-state index in [-0.39, 0.29) is 11.9 Å². The summed E-state index contributed by atoms with van der Waals surface area (Å²) in [4.78, 5) is 16.7. The minimum atomic E-state index is 0.0237. The number of fused-ring (bicyclic) bond motifs is 1. The Morgan fingerprint density at radius 3 is 3.04 bits per heavy atom. The first kappa shape index (κ1) is 18.0. The molecule has 1 amide bonds. The summed E-state index contributed by atoms with van der Waals surface area (Å²) in [6.45, 7) is 2.76. The number of ether oxygens (including phenoxy) is 2. The summed E-state index contributed by atoms with van der Waals surface area (Å²) >= 11 is 3.05. The number of nitrogens with zero attached hydrogens (tertiary/aromatic N) is 4. The van der Waals surface area contributed by atoms with Crippen LogP contribution in [0, 0.1) is 0 Å². The maximum Gasteiger partial charge on any atom is 0.230 e. The number of amides is 1. The number of nitrogens with one attached hydrogen (secondary N) is 1. The fraction of sp³-hybridized carbons (Fsp3) is 0.444. The summed E-state index contributed by atoms with van der Waals surface area (Å²) in [5, 5.41) is 11.5. The average molecular weight is 418 g/mol. The molecule has 0 unspecified atom stereocenters. The molecule has 1 atom stereocenters. The van der Waals surface area contributed by atoms with Crippen molar-refractivity contribution < 1.29 is 14.3 Å². The molecule has 5 rings (SSSR count). The first-order chi connectivity index (χ1) is 13.7. The fourth-order valence-electron chi connectivity index (χ4n) is 3.14. The Morgan fingerprint density at radius 2 is 2.25 bits per heavy atom. The highest BCUT2D eigenvalue weighted by Gasteiger charge is 2.24. The van der Waals surface area contributed by atoms with E-state index >= 15 is 0 Å². The highest BCUT2D eigenvalue weighted by atomic mass is 32.2. The van der Waals surface area contributed by atoms with E-state index in [9.17, 15) is 4.79 Å². The van der Waals surface area contributed by atoms with Crippen LogP contribution in [0.25, 0.3) is 15.9 Å². The molecule has 28 heavy (non-hydrogen) atoms. The lowest BCUT2D eigenvalue weighted by molar-refractivity contribution is -0.119. The smallest absolute Gasteiger partial charge is 0.230 e. The van der Waals surface area contributed by atoms with Gasteiger partial charge in [-0.15, -0.1) is 16.4 Å². The molecule has 0 spiro atoms. The molecule has 0 aliphatic carbocycles. The van der Waals surface area contributed by atoms with E-state index in [4.69, 9.17) is 9.47 Å². The van der Waals surface area contributed by atoms with E-state index < -0.39 is 0 Å². The molecule has 0 radical (unpaired) electrons. The van der Waals surface area contributed by atoms with Gasteiger partial charge in [0, 0.05) is 6.61 Å². The lowest BCUT2D eigenvalue weighted by Crippen LogP contribution is -2.36. The number of carbonyl (C=O) groups is 1. The molecule has 2 aliphatic heterocycles. The third-order valence-electron chi connectivity index (χ3n) is 4.81. The Morgan fingerprint density at radius 1 is 1.32 bits per heavy atom. The van der Waals surface area contributed by atoms with Crippen LogP contribution >= 0.6 is 23.1 Å². The zero-order valence-corrected chi connectivity index (χ0v) is 16.7. The molecule has 2 fully saturated rings. The van der Waals surface area contributed by atoms with E-state index in [0.29, 0.717) is 31.5 Å². The minimum Gasteiger partial charge on any atom is -0.380 e. The standard InChI is InChI=1S/C18H19N5O3S2/c24-17(19-12-3-4-25-9-12)10-27-18-20-14-2-1-13(5-16(14)28-18)23-6-15(21-22-23)11-7-26-8-11/h1-2,5-6,11-12H,3-4,7-10H2,(H,19,24)/t12-/m1/s1. The summed E-state index contributed by atoms with van der Waals surface area (Å²) in [6.07, 6.45) is 2.85. The second kappa shape index (κ2) is 7.78. The van der Waals surface area contributed by atoms with Crippen molar-refractivity contribution in [1.29, 1.82) is 0 Å². The molecule has 2 aromatic heterocycles. The molecule has 1 aromatic carbocycles. The van der Waals surface area contributed by atoms with Gasteiger partial charge in [0.1, 0.15) is 0 Å². The van der Waals surface area contributed by atoms with E-state index in [1.165, 1.54) is 11.8 Å². The van der Waals surface area contributed by atoms with Gasteiger partial charge in [0.05, 0.1) is 65.3 Å². The predicted molar refractivity (Wildman–Crippen MR) is 106 cm³/mol. The van der Waals surface area contributed by atoms with Crippen LogP contribution < -0.4 is 5.32 Å².